The lowest BCUT2D eigenvalue weighted by atomic mass is 10.2. The number of nitrogens with one attached hydrogen (secondary N) is 2. The van der Waals surface area contributed by atoms with Crippen LogP contribution in [0.2, 0.25) is 0 Å². The van der Waals surface area contributed by atoms with Crippen LogP contribution in [0.4, 0.5) is 19.0 Å². The zero-order valence-corrected chi connectivity index (χ0v) is 11.5. The Morgan fingerprint density at radius 2 is 2.14 bits per heavy atom. The first-order chi connectivity index (χ1) is 9.40. The number of amides is 1. The van der Waals surface area contributed by atoms with Crippen molar-refractivity contribution in [3.05, 3.63) is 18.2 Å². The molecule has 0 bridgehead atoms. The second-order valence-corrected chi connectivity index (χ2v) is 4.96. The summed E-state index contributed by atoms with van der Waals surface area (Å²) in [5.74, 6) is -0.288. The van der Waals surface area contributed by atoms with Gasteiger partial charge >= 0.3 is 6.36 Å². The van der Waals surface area contributed by atoms with E-state index in [9.17, 15) is 18.0 Å². The van der Waals surface area contributed by atoms with Crippen molar-refractivity contribution in [1.82, 2.24) is 10.3 Å². The smallest absolute Gasteiger partial charge is 0.388 e. The van der Waals surface area contributed by atoms with E-state index < -0.39 is 12.2 Å². The van der Waals surface area contributed by atoms with Crippen molar-refractivity contribution in [2.45, 2.75) is 31.3 Å². The first-order valence-electron chi connectivity index (χ1n) is 6.20. The fraction of sp³-hybridized carbons (Fsp3) is 0.500. The van der Waals surface area contributed by atoms with Crippen LogP contribution >= 0.6 is 12.4 Å². The number of anilines is 1. The maximum Gasteiger partial charge on any atom is 0.574 e. The second kappa shape index (κ2) is 5.69. The molecule has 2 fully saturated rings. The highest BCUT2D eigenvalue weighted by molar-refractivity contribution is 5.94. The molecule has 1 saturated heterocycles. The van der Waals surface area contributed by atoms with E-state index in [0.29, 0.717) is 12.0 Å². The van der Waals surface area contributed by atoms with Gasteiger partial charge in [-0.15, -0.1) is 25.6 Å². The van der Waals surface area contributed by atoms with E-state index in [0.717, 1.165) is 18.9 Å². The van der Waals surface area contributed by atoms with Gasteiger partial charge in [0, 0.05) is 12.1 Å². The Morgan fingerprint density at radius 1 is 1.38 bits per heavy atom. The number of aromatic nitrogens is 1. The van der Waals surface area contributed by atoms with Crippen molar-refractivity contribution in [3.8, 4) is 5.88 Å². The second-order valence-electron chi connectivity index (χ2n) is 4.96. The highest BCUT2D eigenvalue weighted by Crippen LogP contribution is 2.40. The number of fused-ring (bicyclic) bond motifs is 1. The van der Waals surface area contributed by atoms with Gasteiger partial charge in [-0.05, 0) is 24.8 Å². The Bertz CT molecular complexity index is 531. The number of halogens is 4. The predicted molar refractivity (Wildman–Crippen MR) is 70.2 cm³/mol. The molecule has 116 valence electrons. The predicted octanol–water partition coefficient (Wildman–Crippen LogP) is 2.09. The van der Waals surface area contributed by atoms with Crippen molar-refractivity contribution in [2.75, 3.05) is 5.32 Å². The van der Waals surface area contributed by atoms with Gasteiger partial charge < -0.3 is 15.4 Å². The molecule has 1 aromatic heterocycles. The van der Waals surface area contributed by atoms with Crippen molar-refractivity contribution >= 4 is 24.1 Å². The molecule has 0 aromatic carbocycles. The molecule has 2 heterocycles. The van der Waals surface area contributed by atoms with E-state index >= 15 is 0 Å². The van der Waals surface area contributed by atoms with Gasteiger partial charge in [-0.1, -0.05) is 6.07 Å². The molecule has 0 unspecified atom stereocenters. The molecule has 1 aliphatic heterocycles. The fourth-order valence-corrected chi connectivity index (χ4v) is 2.40. The lowest BCUT2D eigenvalue weighted by Gasteiger charge is -2.13. The standard InChI is InChI=1S/C12H12F3N3O2.ClH/c13-12(14,15)20-10-3-1-2-9(17-10)18-11(19)8-5-6-4-7(6)16-8;/h1-3,6-8,16H,4-5H2,(H,17,18,19);1H/t6-,7-,8+;/m1./s1. The van der Waals surface area contributed by atoms with E-state index in [2.05, 4.69) is 20.4 Å². The van der Waals surface area contributed by atoms with Gasteiger partial charge in [0.2, 0.25) is 11.8 Å². The zero-order chi connectivity index (χ0) is 14.3. The van der Waals surface area contributed by atoms with Gasteiger partial charge in [0.1, 0.15) is 5.82 Å². The molecule has 1 saturated carbocycles. The van der Waals surface area contributed by atoms with Gasteiger partial charge in [0.15, 0.2) is 0 Å². The van der Waals surface area contributed by atoms with Crippen molar-refractivity contribution in [1.29, 1.82) is 0 Å². The van der Waals surface area contributed by atoms with Gasteiger partial charge in [0.25, 0.3) is 0 Å². The summed E-state index contributed by atoms with van der Waals surface area (Å²) in [6.07, 6.45) is -2.95. The van der Waals surface area contributed by atoms with Gasteiger partial charge in [-0.3, -0.25) is 4.79 Å². The Kier molecular flexibility index (Phi) is 4.29. The third kappa shape index (κ3) is 3.98. The molecule has 3 atom stereocenters. The molecule has 1 aromatic rings. The largest absolute Gasteiger partial charge is 0.574 e. The molecule has 2 N–H and O–H groups in total. The summed E-state index contributed by atoms with van der Waals surface area (Å²) < 4.78 is 39.9. The van der Waals surface area contributed by atoms with E-state index in [1.165, 1.54) is 12.1 Å². The molecule has 2 aliphatic rings. The molecular weight excluding hydrogens is 311 g/mol. The normalized spacial score (nSPS) is 26.5. The summed E-state index contributed by atoms with van der Waals surface area (Å²) in [6.45, 7) is 0. The first kappa shape index (κ1) is 15.8. The number of piperidine rings is 1. The number of hydrogen-bond donors (Lipinski definition) is 2. The molecule has 5 nitrogen and oxygen atoms in total. The van der Waals surface area contributed by atoms with Crippen LogP contribution < -0.4 is 15.4 Å². The van der Waals surface area contributed by atoms with E-state index in [4.69, 9.17) is 0 Å². The maximum atomic E-state index is 12.1. The van der Waals surface area contributed by atoms with Crippen LogP contribution in [-0.4, -0.2) is 29.3 Å². The Morgan fingerprint density at radius 3 is 2.76 bits per heavy atom. The molecular formula is C12H13ClF3N3O2. The summed E-state index contributed by atoms with van der Waals surface area (Å²) in [7, 11) is 0. The SMILES string of the molecule is Cl.O=C(Nc1cccc(OC(F)(F)F)n1)[C@@H]1C[C@H]2C[C@H]2N1. The molecule has 21 heavy (non-hydrogen) atoms. The van der Waals surface area contributed by atoms with Crippen LogP contribution in [0.15, 0.2) is 18.2 Å². The molecule has 9 heteroatoms. The van der Waals surface area contributed by atoms with Crippen LogP contribution in [0.3, 0.4) is 0 Å². The van der Waals surface area contributed by atoms with Crippen LogP contribution in [-0.2, 0) is 4.79 Å². The number of alkyl halides is 3. The number of carbonyl (C=O) groups is 1. The first-order valence-corrected chi connectivity index (χ1v) is 6.20. The van der Waals surface area contributed by atoms with Crippen LogP contribution in [0.25, 0.3) is 0 Å². The monoisotopic (exact) mass is 323 g/mol. The van der Waals surface area contributed by atoms with Gasteiger partial charge in [-0.2, -0.15) is 4.98 Å². The molecule has 3 rings (SSSR count). The fourth-order valence-electron chi connectivity index (χ4n) is 2.40. The Hall–Kier alpha value is -1.54. The lowest BCUT2D eigenvalue weighted by molar-refractivity contribution is -0.276. The van der Waals surface area contributed by atoms with E-state index in [1.807, 2.05) is 0 Å². The minimum absolute atomic E-state index is 0. The molecule has 1 aliphatic carbocycles. The van der Waals surface area contributed by atoms with E-state index in [1.54, 1.807) is 0 Å². The summed E-state index contributed by atoms with van der Waals surface area (Å²) in [6, 6.07) is 3.94. The number of pyridine rings is 1. The number of ether oxygens (including phenoxy) is 1. The Balaban J connectivity index is 0.00000161. The van der Waals surface area contributed by atoms with Crippen molar-refractivity contribution in [3.63, 3.8) is 0 Å². The highest BCUT2D eigenvalue weighted by Gasteiger charge is 2.47. The number of nitrogens with zero attached hydrogens (tertiary/aromatic N) is 1. The van der Waals surface area contributed by atoms with Gasteiger partial charge in [0.05, 0.1) is 6.04 Å². The molecule has 0 spiro atoms. The minimum Gasteiger partial charge on any atom is -0.388 e. The average Bonchev–Trinajstić information content (AvgIpc) is 2.94. The summed E-state index contributed by atoms with van der Waals surface area (Å²) in [5, 5.41) is 5.64. The lowest BCUT2D eigenvalue weighted by Crippen LogP contribution is -2.38. The third-order valence-corrected chi connectivity index (χ3v) is 3.39. The minimum atomic E-state index is -4.80. The average molecular weight is 324 g/mol. The van der Waals surface area contributed by atoms with E-state index in [-0.39, 0.29) is 30.2 Å². The third-order valence-electron chi connectivity index (χ3n) is 3.39. The zero-order valence-electron chi connectivity index (χ0n) is 10.7. The van der Waals surface area contributed by atoms with Crippen LogP contribution in [0.5, 0.6) is 5.88 Å². The summed E-state index contributed by atoms with van der Waals surface area (Å²) in [5.41, 5.74) is 0. The van der Waals surface area contributed by atoms with Crippen molar-refractivity contribution in [2.24, 2.45) is 5.92 Å². The topological polar surface area (TPSA) is 63.2 Å². The number of rotatable bonds is 3. The van der Waals surface area contributed by atoms with Crippen LogP contribution in [0, 0.1) is 5.92 Å². The summed E-state index contributed by atoms with van der Waals surface area (Å²) in [4.78, 5) is 15.5. The number of carbonyl (C=O) groups excluding carboxylic acids is 1. The molecule has 0 radical (unpaired) electrons. The van der Waals surface area contributed by atoms with Crippen molar-refractivity contribution < 1.29 is 22.7 Å². The summed E-state index contributed by atoms with van der Waals surface area (Å²) >= 11 is 0. The Labute approximate surface area is 124 Å². The highest BCUT2D eigenvalue weighted by atomic mass is 35.5. The van der Waals surface area contributed by atoms with Crippen LogP contribution in [0.1, 0.15) is 12.8 Å². The quantitative estimate of drug-likeness (QED) is 0.894. The number of hydrogen-bond acceptors (Lipinski definition) is 4. The molecule has 1 amide bonds. The van der Waals surface area contributed by atoms with Gasteiger partial charge in [-0.25, -0.2) is 0 Å². The maximum absolute atomic E-state index is 12.1.